The molecule has 1 heterocycles. The monoisotopic (exact) mass is 221 g/mol. The first-order valence-corrected chi connectivity index (χ1v) is 5.89. The van der Waals surface area contributed by atoms with Crippen LogP contribution >= 0.6 is 0 Å². The number of para-hydroxylation sites is 1. The summed E-state index contributed by atoms with van der Waals surface area (Å²) in [6.45, 7) is 3.50. The smallest absolute Gasteiger partial charge is 0.123 e. The normalized spacial score (nSPS) is 20.2. The molecule has 2 atom stereocenters. The van der Waals surface area contributed by atoms with Gasteiger partial charge in [-0.2, -0.15) is 0 Å². The molecule has 2 rings (SSSR count). The summed E-state index contributed by atoms with van der Waals surface area (Å²) in [6.07, 6.45) is 1.79. The first kappa shape index (κ1) is 11.4. The summed E-state index contributed by atoms with van der Waals surface area (Å²) in [7, 11) is 0. The number of hydrogen-bond donors (Lipinski definition) is 2. The van der Waals surface area contributed by atoms with E-state index in [2.05, 4.69) is 11.4 Å². The third kappa shape index (κ3) is 2.97. The van der Waals surface area contributed by atoms with Gasteiger partial charge in [0.25, 0.3) is 0 Å². The van der Waals surface area contributed by atoms with E-state index in [0.29, 0.717) is 0 Å². The molecule has 0 amide bonds. The third-order valence-electron chi connectivity index (χ3n) is 2.82. The highest BCUT2D eigenvalue weighted by Crippen LogP contribution is 2.27. The largest absolute Gasteiger partial charge is 0.488 e. The zero-order valence-electron chi connectivity index (χ0n) is 9.65. The van der Waals surface area contributed by atoms with Gasteiger partial charge in [0, 0.05) is 13.0 Å². The van der Waals surface area contributed by atoms with E-state index in [1.807, 2.05) is 25.1 Å². The number of ether oxygens (including phenoxy) is 1. The fourth-order valence-electron chi connectivity index (χ4n) is 1.94. The summed E-state index contributed by atoms with van der Waals surface area (Å²) in [5, 5.41) is 12.4. The molecular formula is C13H19NO2. The van der Waals surface area contributed by atoms with Crippen LogP contribution in [-0.4, -0.2) is 30.4 Å². The predicted octanol–water partition coefficient (Wildman–Crippen LogP) is 1.35. The number of hydrogen-bond acceptors (Lipinski definition) is 3. The predicted molar refractivity (Wildman–Crippen MR) is 63.7 cm³/mol. The quantitative estimate of drug-likeness (QED) is 0.737. The lowest BCUT2D eigenvalue weighted by atomic mass is 10.1. The zero-order chi connectivity index (χ0) is 11.4. The van der Waals surface area contributed by atoms with Crippen LogP contribution in [0.3, 0.4) is 0 Å². The Balaban J connectivity index is 1.71. The van der Waals surface area contributed by atoms with Crippen LogP contribution in [0.4, 0.5) is 0 Å². The van der Waals surface area contributed by atoms with Gasteiger partial charge in [-0.05, 0) is 31.5 Å². The minimum atomic E-state index is -0.228. The molecule has 0 aromatic heterocycles. The Morgan fingerprint density at radius 3 is 3.06 bits per heavy atom. The summed E-state index contributed by atoms with van der Waals surface area (Å²) >= 11 is 0. The van der Waals surface area contributed by atoms with Crippen LogP contribution in [0.25, 0.3) is 0 Å². The number of benzene rings is 1. The molecule has 1 aromatic rings. The molecule has 88 valence electrons. The molecule has 0 spiro atoms. The van der Waals surface area contributed by atoms with E-state index in [4.69, 9.17) is 9.84 Å². The van der Waals surface area contributed by atoms with E-state index in [1.165, 1.54) is 5.56 Å². The number of fused-ring (bicyclic) bond motifs is 1. The molecule has 0 saturated heterocycles. The molecule has 0 saturated carbocycles. The van der Waals surface area contributed by atoms with E-state index in [9.17, 15) is 0 Å². The molecule has 1 aliphatic rings. The molecule has 0 bridgehead atoms. The first-order chi connectivity index (χ1) is 7.75. The summed E-state index contributed by atoms with van der Waals surface area (Å²) in [6, 6.07) is 8.18. The Bertz CT molecular complexity index is 313. The molecule has 0 fully saturated rings. The zero-order valence-corrected chi connectivity index (χ0v) is 9.65. The second-order valence-electron chi connectivity index (χ2n) is 4.39. The van der Waals surface area contributed by atoms with Crippen molar-refractivity contribution in [3.05, 3.63) is 29.8 Å². The Hall–Kier alpha value is -1.06. The van der Waals surface area contributed by atoms with Crippen molar-refractivity contribution in [3.8, 4) is 5.75 Å². The standard InChI is InChI=1S/C13H19NO2/c1-10(15)6-7-14-9-12-8-11-4-2-3-5-13(11)16-12/h2-5,10,12,14-15H,6-9H2,1H3. The Morgan fingerprint density at radius 2 is 2.31 bits per heavy atom. The average molecular weight is 221 g/mol. The fourth-order valence-corrected chi connectivity index (χ4v) is 1.94. The van der Waals surface area contributed by atoms with E-state index in [1.54, 1.807) is 0 Å². The lowest BCUT2D eigenvalue weighted by Crippen LogP contribution is -2.31. The van der Waals surface area contributed by atoms with Gasteiger partial charge in [-0.1, -0.05) is 18.2 Å². The molecule has 2 N–H and O–H groups in total. The number of nitrogens with one attached hydrogen (secondary N) is 1. The van der Waals surface area contributed by atoms with Crippen LogP contribution in [0.5, 0.6) is 5.75 Å². The van der Waals surface area contributed by atoms with Crippen LogP contribution in [0.2, 0.25) is 0 Å². The number of aliphatic hydroxyl groups is 1. The van der Waals surface area contributed by atoms with Crippen LogP contribution in [0.1, 0.15) is 18.9 Å². The van der Waals surface area contributed by atoms with Crippen molar-refractivity contribution in [1.82, 2.24) is 5.32 Å². The summed E-state index contributed by atoms with van der Waals surface area (Å²) < 4.78 is 5.79. The van der Waals surface area contributed by atoms with Crippen LogP contribution in [0.15, 0.2) is 24.3 Å². The highest BCUT2D eigenvalue weighted by atomic mass is 16.5. The summed E-state index contributed by atoms with van der Waals surface area (Å²) in [5.74, 6) is 1.02. The Kier molecular flexibility index (Phi) is 3.80. The number of rotatable bonds is 5. The van der Waals surface area contributed by atoms with Gasteiger partial charge in [-0.3, -0.25) is 0 Å². The Morgan fingerprint density at radius 1 is 1.50 bits per heavy atom. The summed E-state index contributed by atoms with van der Waals surface area (Å²) in [4.78, 5) is 0. The first-order valence-electron chi connectivity index (χ1n) is 5.89. The van der Waals surface area contributed by atoms with Gasteiger partial charge >= 0.3 is 0 Å². The average Bonchev–Trinajstić information content (AvgIpc) is 2.66. The summed E-state index contributed by atoms with van der Waals surface area (Å²) in [5.41, 5.74) is 1.30. The van der Waals surface area contributed by atoms with Gasteiger partial charge in [0.05, 0.1) is 6.10 Å². The van der Waals surface area contributed by atoms with Crippen molar-refractivity contribution < 1.29 is 9.84 Å². The third-order valence-corrected chi connectivity index (χ3v) is 2.82. The lowest BCUT2D eigenvalue weighted by Gasteiger charge is -2.12. The molecule has 0 radical (unpaired) electrons. The second kappa shape index (κ2) is 5.32. The van der Waals surface area contributed by atoms with Crippen molar-refractivity contribution in [2.24, 2.45) is 0 Å². The maximum atomic E-state index is 9.12. The van der Waals surface area contributed by atoms with Crippen LogP contribution < -0.4 is 10.1 Å². The maximum absolute atomic E-state index is 9.12. The SMILES string of the molecule is CC(O)CCNCC1Cc2ccccc2O1. The topological polar surface area (TPSA) is 41.5 Å². The minimum Gasteiger partial charge on any atom is -0.488 e. The lowest BCUT2D eigenvalue weighted by molar-refractivity contribution is 0.178. The highest BCUT2D eigenvalue weighted by Gasteiger charge is 2.21. The van der Waals surface area contributed by atoms with Gasteiger partial charge in [0.2, 0.25) is 0 Å². The van der Waals surface area contributed by atoms with Gasteiger partial charge in [0.15, 0.2) is 0 Å². The second-order valence-corrected chi connectivity index (χ2v) is 4.39. The van der Waals surface area contributed by atoms with Crippen molar-refractivity contribution >= 4 is 0 Å². The van der Waals surface area contributed by atoms with E-state index >= 15 is 0 Å². The minimum absolute atomic E-state index is 0.228. The van der Waals surface area contributed by atoms with Crippen LogP contribution in [0, 0.1) is 0 Å². The van der Waals surface area contributed by atoms with E-state index < -0.39 is 0 Å². The highest BCUT2D eigenvalue weighted by molar-refractivity contribution is 5.37. The van der Waals surface area contributed by atoms with Gasteiger partial charge in [-0.15, -0.1) is 0 Å². The molecule has 2 unspecified atom stereocenters. The fraction of sp³-hybridized carbons (Fsp3) is 0.538. The van der Waals surface area contributed by atoms with E-state index in [-0.39, 0.29) is 12.2 Å². The molecule has 3 heteroatoms. The molecule has 1 aliphatic heterocycles. The molecule has 3 nitrogen and oxygen atoms in total. The van der Waals surface area contributed by atoms with E-state index in [0.717, 1.165) is 31.7 Å². The van der Waals surface area contributed by atoms with Gasteiger partial charge < -0.3 is 15.2 Å². The van der Waals surface area contributed by atoms with Crippen molar-refractivity contribution in [3.63, 3.8) is 0 Å². The molecular weight excluding hydrogens is 202 g/mol. The van der Waals surface area contributed by atoms with Crippen molar-refractivity contribution in [2.75, 3.05) is 13.1 Å². The molecule has 16 heavy (non-hydrogen) atoms. The van der Waals surface area contributed by atoms with Crippen molar-refractivity contribution in [2.45, 2.75) is 32.0 Å². The van der Waals surface area contributed by atoms with Crippen LogP contribution in [-0.2, 0) is 6.42 Å². The van der Waals surface area contributed by atoms with Gasteiger partial charge in [-0.25, -0.2) is 0 Å². The van der Waals surface area contributed by atoms with Gasteiger partial charge in [0.1, 0.15) is 11.9 Å². The Labute approximate surface area is 96.4 Å². The number of aliphatic hydroxyl groups excluding tert-OH is 1. The molecule has 0 aliphatic carbocycles. The molecule has 1 aromatic carbocycles. The van der Waals surface area contributed by atoms with Crippen molar-refractivity contribution in [1.29, 1.82) is 0 Å². The maximum Gasteiger partial charge on any atom is 0.123 e.